The quantitative estimate of drug-likeness (QED) is 0.223. The molecule has 1 nitrogen and oxygen atoms in total. The number of ketones is 1. The average molecular weight is 382 g/mol. The van der Waals surface area contributed by atoms with E-state index in [2.05, 4.69) is 60.7 Å². The second-order valence-electron chi connectivity index (χ2n) is 7.85. The maximum absolute atomic E-state index is 13.3. The Kier molecular flexibility index (Phi) is 3.69. The van der Waals surface area contributed by atoms with Gasteiger partial charge in [0, 0.05) is 11.1 Å². The van der Waals surface area contributed by atoms with E-state index < -0.39 is 0 Å². The molecule has 30 heavy (non-hydrogen) atoms. The topological polar surface area (TPSA) is 17.1 Å². The van der Waals surface area contributed by atoms with Crippen molar-refractivity contribution >= 4 is 48.9 Å². The Morgan fingerprint density at radius 3 is 1.10 bits per heavy atom. The summed E-state index contributed by atoms with van der Waals surface area (Å²) in [6.07, 6.45) is 0. The van der Waals surface area contributed by atoms with Gasteiger partial charge in [-0.1, -0.05) is 72.8 Å². The third kappa shape index (κ3) is 2.75. The Balaban J connectivity index is 1.45. The predicted molar refractivity (Wildman–Crippen MR) is 126 cm³/mol. The molecule has 0 spiro atoms. The summed E-state index contributed by atoms with van der Waals surface area (Å²) in [5.41, 5.74) is 1.44. The van der Waals surface area contributed by atoms with Crippen LogP contribution in [0.25, 0.3) is 43.1 Å². The van der Waals surface area contributed by atoms with Gasteiger partial charge in [-0.3, -0.25) is 4.79 Å². The minimum absolute atomic E-state index is 0.0557. The lowest BCUT2D eigenvalue weighted by molar-refractivity contribution is 0.103. The Morgan fingerprint density at radius 1 is 0.367 bits per heavy atom. The molecule has 1 heteroatoms. The molecule has 6 aromatic rings. The van der Waals surface area contributed by atoms with Gasteiger partial charge in [0.25, 0.3) is 0 Å². The maximum Gasteiger partial charge on any atom is 0.193 e. The summed E-state index contributed by atoms with van der Waals surface area (Å²) in [5, 5.41) is 9.28. The SMILES string of the molecule is O=C(c1ccc2cc3ccccc3cc2c1)c1ccc2cc3ccccc3cc2c1. The van der Waals surface area contributed by atoms with E-state index in [0.29, 0.717) is 0 Å². The highest BCUT2D eigenvalue weighted by atomic mass is 16.1. The second-order valence-corrected chi connectivity index (χ2v) is 7.85. The molecule has 0 heterocycles. The van der Waals surface area contributed by atoms with Crippen LogP contribution in [0.5, 0.6) is 0 Å². The molecule has 0 aliphatic carbocycles. The molecule has 0 amide bonds. The van der Waals surface area contributed by atoms with Crippen molar-refractivity contribution < 1.29 is 4.79 Å². The third-order valence-electron chi connectivity index (χ3n) is 5.93. The highest BCUT2D eigenvalue weighted by Gasteiger charge is 2.11. The number of rotatable bonds is 2. The summed E-state index contributed by atoms with van der Waals surface area (Å²) in [4.78, 5) is 13.3. The summed E-state index contributed by atoms with van der Waals surface area (Å²) >= 11 is 0. The van der Waals surface area contributed by atoms with Gasteiger partial charge in [-0.2, -0.15) is 0 Å². The third-order valence-corrected chi connectivity index (χ3v) is 5.93. The first-order valence-corrected chi connectivity index (χ1v) is 10.1. The van der Waals surface area contributed by atoms with E-state index in [4.69, 9.17) is 0 Å². The first-order chi connectivity index (χ1) is 14.7. The fourth-order valence-corrected chi connectivity index (χ4v) is 4.33. The van der Waals surface area contributed by atoms with Gasteiger partial charge < -0.3 is 0 Å². The van der Waals surface area contributed by atoms with Crippen molar-refractivity contribution in [2.45, 2.75) is 0 Å². The molecule has 0 N–H and O–H groups in total. The number of hydrogen-bond acceptors (Lipinski definition) is 1. The molecule has 0 saturated heterocycles. The van der Waals surface area contributed by atoms with Gasteiger partial charge >= 0.3 is 0 Å². The van der Waals surface area contributed by atoms with Crippen molar-refractivity contribution in [1.29, 1.82) is 0 Å². The van der Waals surface area contributed by atoms with Gasteiger partial charge in [-0.25, -0.2) is 0 Å². The van der Waals surface area contributed by atoms with Crippen molar-refractivity contribution in [3.05, 3.63) is 120 Å². The van der Waals surface area contributed by atoms with E-state index in [1.165, 1.54) is 21.5 Å². The number of benzene rings is 6. The number of carbonyl (C=O) groups is 1. The minimum atomic E-state index is 0.0557. The van der Waals surface area contributed by atoms with Crippen LogP contribution in [0.4, 0.5) is 0 Å². The molecule has 6 aromatic carbocycles. The number of carbonyl (C=O) groups excluding carboxylic acids is 1. The Morgan fingerprint density at radius 2 is 0.700 bits per heavy atom. The molecule has 0 aromatic heterocycles. The minimum Gasteiger partial charge on any atom is -0.289 e. The molecule has 6 rings (SSSR count). The lowest BCUT2D eigenvalue weighted by Gasteiger charge is -2.08. The van der Waals surface area contributed by atoms with E-state index in [1.54, 1.807) is 0 Å². The molecule has 0 atom stereocenters. The molecule has 0 saturated carbocycles. The van der Waals surface area contributed by atoms with Crippen LogP contribution in [-0.4, -0.2) is 5.78 Å². The Labute approximate surface area is 174 Å². The van der Waals surface area contributed by atoms with Crippen LogP contribution in [0.1, 0.15) is 15.9 Å². The molecule has 0 aliphatic rings. The van der Waals surface area contributed by atoms with Gasteiger partial charge in [-0.15, -0.1) is 0 Å². The summed E-state index contributed by atoms with van der Waals surface area (Å²) < 4.78 is 0. The van der Waals surface area contributed by atoms with Crippen LogP contribution >= 0.6 is 0 Å². The van der Waals surface area contributed by atoms with Crippen molar-refractivity contribution in [3.8, 4) is 0 Å². The van der Waals surface area contributed by atoms with Crippen molar-refractivity contribution in [1.82, 2.24) is 0 Å². The summed E-state index contributed by atoms with van der Waals surface area (Å²) in [5.74, 6) is 0.0557. The van der Waals surface area contributed by atoms with Gasteiger partial charge in [0.2, 0.25) is 0 Å². The second kappa shape index (κ2) is 6.53. The van der Waals surface area contributed by atoms with E-state index in [1.807, 2.05) is 48.5 Å². The van der Waals surface area contributed by atoms with Crippen LogP contribution in [0.2, 0.25) is 0 Å². The number of fused-ring (bicyclic) bond motifs is 4. The largest absolute Gasteiger partial charge is 0.289 e. The van der Waals surface area contributed by atoms with Crippen LogP contribution in [0.3, 0.4) is 0 Å². The molecule has 0 bridgehead atoms. The van der Waals surface area contributed by atoms with Gasteiger partial charge in [0.15, 0.2) is 5.78 Å². The molecule has 0 unspecified atom stereocenters. The highest BCUT2D eigenvalue weighted by molar-refractivity contribution is 6.13. The van der Waals surface area contributed by atoms with Crippen LogP contribution in [0, 0.1) is 0 Å². The lowest BCUT2D eigenvalue weighted by atomic mass is 9.96. The van der Waals surface area contributed by atoms with E-state index in [0.717, 1.165) is 32.7 Å². The first-order valence-electron chi connectivity index (χ1n) is 10.1. The molecule has 140 valence electrons. The Bertz CT molecular complexity index is 1490. The summed E-state index contributed by atoms with van der Waals surface area (Å²) in [7, 11) is 0. The van der Waals surface area contributed by atoms with Crippen LogP contribution in [-0.2, 0) is 0 Å². The van der Waals surface area contributed by atoms with Crippen molar-refractivity contribution in [2.75, 3.05) is 0 Å². The van der Waals surface area contributed by atoms with E-state index >= 15 is 0 Å². The molecular weight excluding hydrogens is 364 g/mol. The van der Waals surface area contributed by atoms with E-state index in [9.17, 15) is 4.79 Å². The highest BCUT2D eigenvalue weighted by Crippen LogP contribution is 2.27. The molecule has 0 radical (unpaired) electrons. The van der Waals surface area contributed by atoms with E-state index in [-0.39, 0.29) is 5.78 Å². The van der Waals surface area contributed by atoms with Crippen LogP contribution in [0.15, 0.2) is 109 Å². The molecule has 0 aliphatic heterocycles. The van der Waals surface area contributed by atoms with Crippen molar-refractivity contribution in [2.24, 2.45) is 0 Å². The van der Waals surface area contributed by atoms with Gasteiger partial charge in [0.1, 0.15) is 0 Å². The van der Waals surface area contributed by atoms with Gasteiger partial charge in [0.05, 0.1) is 0 Å². The maximum atomic E-state index is 13.3. The van der Waals surface area contributed by atoms with Crippen LogP contribution < -0.4 is 0 Å². The predicted octanol–water partition coefficient (Wildman–Crippen LogP) is 7.53. The average Bonchev–Trinajstić information content (AvgIpc) is 2.80. The smallest absolute Gasteiger partial charge is 0.193 e. The van der Waals surface area contributed by atoms with Gasteiger partial charge in [-0.05, 0) is 79.5 Å². The summed E-state index contributed by atoms with van der Waals surface area (Å²) in [6, 6.07) is 37.3. The zero-order valence-corrected chi connectivity index (χ0v) is 16.3. The lowest BCUT2D eigenvalue weighted by Crippen LogP contribution is -2.01. The zero-order valence-electron chi connectivity index (χ0n) is 16.3. The molecular formula is C29H18O. The first kappa shape index (κ1) is 16.9. The normalized spacial score (nSPS) is 11.5. The van der Waals surface area contributed by atoms with Crippen molar-refractivity contribution in [3.63, 3.8) is 0 Å². The fraction of sp³-hybridized carbons (Fsp3) is 0. The fourth-order valence-electron chi connectivity index (χ4n) is 4.33. The zero-order chi connectivity index (χ0) is 20.1. The Hall–Kier alpha value is -3.97. The monoisotopic (exact) mass is 382 g/mol. The standard InChI is InChI=1S/C29H18O/c30-29(25-11-9-23-13-19-5-1-3-7-21(19)15-27(23)17-25)26-12-10-24-14-20-6-2-4-8-22(20)16-28(24)18-26/h1-18H. The molecule has 0 fully saturated rings. The summed E-state index contributed by atoms with van der Waals surface area (Å²) in [6.45, 7) is 0. The number of hydrogen-bond donors (Lipinski definition) is 0.